The van der Waals surface area contributed by atoms with Crippen LogP contribution in [0, 0.1) is 0 Å². The summed E-state index contributed by atoms with van der Waals surface area (Å²) in [6.07, 6.45) is 0.404. The normalized spacial score (nSPS) is 10.8. The number of aromatic nitrogens is 2. The van der Waals surface area contributed by atoms with E-state index in [1.807, 2.05) is 0 Å². The molecule has 0 saturated heterocycles. The second-order valence-electron chi connectivity index (χ2n) is 6.47. The number of rotatable bonds is 9. The standard InChI is InChI=1S/C21H22ClN3O5S/c1-29-17-11-18(30-2)16(10-14(17)22)23-19(27)12-31-21-24-15-7-4-3-6-13(15)20(28)25(21)8-5-9-26/h3-4,6-7,10-11,26H,5,8-9,12H2,1-2H3,(H,23,27). The van der Waals surface area contributed by atoms with Crippen LogP contribution in [0.3, 0.4) is 0 Å². The molecule has 0 bridgehead atoms. The van der Waals surface area contributed by atoms with Crippen molar-refractivity contribution in [2.24, 2.45) is 0 Å². The lowest BCUT2D eigenvalue weighted by atomic mass is 10.2. The van der Waals surface area contributed by atoms with Crippen LogP contribution in [-0.4, -0.2) is 47.1 Å². The van der Waals surface area contributed by atoms with E-state index in [4.69, 9.17) is 21.1 Å². The fraction of sp³-hybridized carbons (Fsp3) is 0.286. The average molecular weight is 464 g/mol. The first-order valence-corrected chi connectivity index (χ1v) is 10.8. The first-order chi connectivity index (χ1) is 15.0. The Morgan fingerprint density at radius 3 is 2.68 bits per heavy atom. The van der Waals surface area contributed by atoms with Crippen LogP contribution in [0.15, 0.2) is 46.3 Å². The zero-order valence-corrected chi connectivity index (χ0v) is 18.6. The van der Waals surface area contributed by atoms with Crippen LogP contribution in [0.4, 0.5) is 5.69 Å². The maximum Gasteiger partial charge on any atom is 0.262 e. The summed E-state index contributed by atoms with van der Waals surface area (Å²) in [6, 6.07) is 10.2. The van der Waals surface area contributed by atoms with Crippen LogP contribution in [0.2, 0.25) is 5.02 Å². The number of aliphatic hydroxyl groups is 1. The number of anilines is 1. The minimum absolute atomic E-state index is 0.0106. The summed E-state index contributed by atoms with van der Waals surface area (Å²) in [6.45, 7) is 0.251. The highest BCUT2D eigenvalue weighted by Gasteiger charge is 2.16. The summed E-state index contributed by atoms with van der Waals surface area (Å²) < 4.78 is 11.9. The van der Waals surface area contributed by atoms with Crippen molar-refractivity contribution >= 4 is 45.9 Å². The van der Waals surface area contributed by atoms with Crippen LogP contribution >= 0.6 is 23.4 Å². The fourth-order valence-electron chi connectivity index (χ4n) is 2.96. The summed E-state index contributed by atoms with van der Waals surface area (Å²) in [5.41, 5.74) is 0.757. The molecule has 0 aliphatic carbocycles. The molecule has 164 valence electrons. The first-order valence-electron chi connectivity index (χ1n) is 9.43. The largest absolute Gasteiger partial charge is 0.495 e. The van der Waals surface area contributed by atoms with Crippen LogP contribution in [-0.2, 0) is 11.3 Å². The number of methoxy groups -OCH3 is 2. The third-order valence-electron chi connectivity index (χ3n) is 4.45. The Labute approximate surface area is 188 Å². The molecular weight excluding hydrogens is 442 g/mol. The number of amides is 1. The van der Waals surface area contributed by atoms with Crippen molar-refractivity contribution in [3.05, 3.63) is 51.8 Å². The maximum atomic E-state index is 12.9. The highest BCUT2D eigenvalue weighted by Crippen LogP contribution is 2.36. The van der Waals surface area contributed by atoms with Gasteiger partial charge in [-0.25, -0.2) is 4.98 Å². The predicted molar refractivity (Wildman–Crippen MR) is 122 cm³/mol. The van der Waals surface area contributed by atoms with Gasteiger partial charge in [0.15, 0.2) is 5.16 Å². The number of fused-ring (bicyclic) bond motifs is 1. The molecule has 0 saturated carbocycles. The lowest BCUT2D eigenvalue weighted by Gasteiger charge is -2.14. The number of carbonyl (C=O) groups excluding carboxylic acids is 1. The van der Waals surface area contributed by atoms with E-state index in [-0.39, 0.29) is 23.8 Å². The Morgan fingerprint density at radius 1 is 1.23 bits per heavy atom. The lowest BCUT2D eigenvalue weighted by Crippen LogP contribution is -2.24. The predicted octanol–water partition coefficient (Wildman–Crippen LogP) is 3.18. The number of halogens is 1. The minimum atomic E-state index is -0.319. The van der Waals surface area contributed by atoms with Gasteiger partial charge in [0.05, 0.1) is 41.6 Å². The number of nitrogens with zero attached hydrogens (tertiary/aromatic N) is 2. The SMILES string of the molecule is COc1cc(OC)c(NC(=O)CSc2nc3ccccc3c(=O)n2CCCO)cc1Cl. The molecule has 0 unspecified atom stereocenters. The molecule has 0 atom stereocenters. The maximum absolute atomic E-state index is 12.9. The first kappa shape index (κ1) is 22.9. The van der Waals surface area contributed by atoms with Gasteiger partial charge in [-0.15, -0.1) is 0 Å². The van der Waals surface area contributed by atoms with E-state index in [0.717, 1.165) is 11.8 Å². The van der Waals surface area contributed by atoms with Crippen LogP contribution in [0.25, 0.3) is 10.9 Å². The number of carbonyl (C=O) groups is 1. The number of benzene rings is 2. The van der Waals surface area contributed by atoms with E-state index in [1.54, 1.807) is 36.4 Å². The molecule has 3 rings (SSSR count). The Kier molecular flexibility index (Phi) is 7.78. The molecule has 0 radical (unpaired) electrons. The Morgan fingerprint density at radius 2 is 1.97 bits per heavy atom. The smallest absolute Gasteiger partial charge is 0.262 e. The molecular formula is C21H22ClN3O5S. The summed E-state index contributed by atoms with van der Waals surface area (Å²) in [5.74, 6) is 0.527. The molecule has 0 fully saturated rings. The molecule has 10 heteroatoms. The molecule has 0 spiro atoms. The van der Waals surface area contributed by atoms with Crippen molar-refractivity contribution in [3.8, 4) is 11.5 Å². The molecule has 31 heavy (non-hydrogen) atoms. The summed E-state index contributed by atoms with van der Waals surface area (Å²) in [5, 5.41) is 13.2. The molecule has 0 aliphatic rings. The second kappa shape index (κ2) is 10.5. The minimum Gasteiger partial charge on any atom is -0.495 e. The molecule has 1 aromatic heterocycles. The van der Waals surface area contributed by atoms with E-state index in [2.05, 4.69) is 10.3 Å². The van der Waals surface area contributed by atoms with Crippen molar-refractivity contribution < 1.29 is 19.4 Å². The summed E-state index contributed by atoms with van der Waals surface area (Å²) in [4.78, 5) is 30.0. The van der Waals surface area contributed by atoms with E-state index >= 15 is 0 Å². The monoisotopic (exact) mass is 463 g/mol. The van der Waals surface area contributed by atoms with Crippen LogP contribution < -0.4 is 20.3 Å². The van der Waals surface area contributed by atoms with Crippen molar-refractivity contribution in [2.45, 2.75) is 18.1 Å². The van der Waals surface area contributed by atoms with Gasteiger partial charge in [0.25, 0.3) is 5.56 Å². The molecule has 2 aromatic carbocycles. The average Bonchev–Trinajstić information content (AvgIpc) is 2.77. The number of hydrogen-bond donors (Lipinski definition) is 2. The van der Waals surface area contributed by atoms with Gasteiger partial charge in [0, 0.05) is 19.2 Å². The number of ether oxygens (including phenoxy) is 2. The van der Waals surface area contributed by atoms with E-state index < -0.39 is 0 Å². The number of aliphatic hydroxyl groups excluding tert-OH is 1. The molecule has 0 aliphatic heterocycles. The molecule has 8 nitrogen and oxygen atoms in total. The number of para-hydroxylation sites is 1. The highest BCUT2D eigenvalue weighted by molar-refractivity contribution is 7.99. The number of hydrogen-bond acceptors (Lipinski definition) is 7. The Bertz CT molecular complexity index is 1150. The van der Waals surface area contributed by atoms with Gasteiger partial charge in [-0.3, -0.25) is 14.2 Å². The molecule has 3 aromatic rings. The Balaban J connectivity index is 1.81. The van der Waals surface area contributed by atoms with Gasteiger partial charge in [-0.2, -0.15) is 0 Å². The topological polar surface area (TPSA) is 103 Å². The van der Waals surface area contributed by atoms with Gasteiger partial charge in [-0.05, 0) is 24.6 Å². The molecule has 2 N–H and O–H groups in total. The third kappa shape index (κ3) is 5.30. The quantitative estimate of drug-likeness (QED) is 0.371. The van der Waals surface area contributed by atoms with E-state index in [9.17, 15) is 14.7 Å². The van der Waals surface area contributed by atoms with E-state index in [0.29, 0.717) is 51.2 Å². The molecule has 1 amide bonds. The van der Waals surface area contributed by atoms with Gasteiger partial charge >= 0.3 is 0 Å². The second-order valence-corrected chi connectivity index (χ2v) is 7.82. The zero-order chi connectivity index (χ0) is 22.4. The summed E-state index contributed by atoms with van der Waals surface area (Å²) >= 11 is 7.29. The Hall–Kier alpha value is -2.75. The van der Waals surface area contributed by atoms with Crippen molar-refractivity contribution in [2.75, 3.05) is 31.9 Å². The third-order valence-corrected chi connectivity index (χ3v) is 5.72. The van der Waals surface area contributed by atoms with Crippen molar-refractivity contribution in [3.63, 3.8) is 0 Å². The van der Waals surface area contributed by atoms with Crippen molar-refractivity contribution in [1.29, 1.82) is 0 Å². The van der Waals surface area contributed by atoms with Gasteiger partial charge in [-0.1, -0.05) is 35.5 Å². The van der Waals surface area contributed by atoms with Gasteiger partial charge < -0.3 is 19.9 Å². The number of thioether (sulfide) groups is 1. The fourth-order valence-corrected chi connectivity index (χ4v) is 4.02. The van der Waals surface area contributed by atoms with Gasteiger partial charge in [0.2, 0.25) is 5.91 Å². The lowest BCUT2D eigenvalue weighted by molar-refractivity contribution is -0.113. The highest BCUT2D eigenvalue weighted by atomic mass is 35.5. The number of nitrogens with one attached hydrogen (secondary N) is 1. The zero-order valence-electron chi connectivity index (χ0n) is 17.1. The summed E-state index contributed by atoms with van der Waals surface area (Å²) in [7, 11) is 2.97. The van der Waals surface area contributed by atoms with Crippen molar-refractivity contribution in [1.82, 2.24) is 9.55 Å². The van der Waals surface area contributed by atoms with Crippen LogP contribution in [0.5, 0.6) is 11.5 Å². The van der Waals surface area contributed by atoms with Crippen LogP contribution in [0.1, 0.15) is 6.42 Å². The van der Waals surface area contributed by atoms with Gasteiger partial charge in [0.1, 0.15) is 11.5 Å². The van der Waals surface area contributed by atoms with E-state index in [1.165, 1.54) is 18.8 Å². The molecule has 1 heterocycles.